The molecule has 0 spiro atoms. The van der Waals surface area contributed by atoms with Crippen LogP contribution in [-0.2, 0) is 14.2 Å². The number of amides is 2. The Balaban J connectivity index is 1.27. The maximum Gasteiger partial charge on any atom is 0.455 e. The summed E-state index contributed by atoms with van der Waals surface area (Å²) in [5, 5.41) is 21.2. The Kier molecular flexibility index (Phi) is 7.64. The van der Waals surface area contributed by atoms with Crippen molar-refractivity contribution < 1.29 is 24.4 Å². The molecule has 2 N–H and O–H groups in total. The van der Waals surface area contributed by atoms with E-state index in [1.165, 1.54) is 0 Å². The molecule has 2 amide bonds. The molecule has 0 bridgehead atoms. The Labute approximate surface area is 236 Å². The molecule has 0 radical (unpaired) electrons. The second-order valence-corrected chi connectivity index (χ2v) is 11.8. The number of carbonyl (C=O) groups is 2. The van der Waals surface area contributed by atoms with Gasteiger partial charge in [0.25, 0.3) is 0 Å². The van der Waals surface area contributed by atoms with E-state index in [1.54, 1.807) is 23.2 Å². The first-order valence-electron chi connectivity index (χ1n) is 14.7. The number of benzene rings is 1. The lowest BCUT2D eigenvalue weighted by Gasteiger charge is -2.42. The molecule has 208 valence electrons. The van der Waals surface area contributed by atoms with Crippen LogP contribution >= 0.6 is 0 Å². The molecule has 2 aliphatic carbocycles. The van der Waals surface area contributed by atoms with Crippen molar-refractivity contribution in [1.29, 1.82) is 0 Å². The molecule has 2 aromatic rings. The van der Waals surface area contributed by atoms with Crippen LogP contribution in [0.5, 0.6) is 5.75 Å². The van der Waals surface area contributed by atoms with E-state index in [1.807, 2.05) is 36.4 Å². The van der Waals surface area contributed by atoms with Gasteiger partial charge in [0.05, 0.1) is 23.6 Å². The van der Waals surface area contributed by atoms with E-state index in [9.17, 15) is 19.7 Å². The van der Waals surface area contributed by atoms with Crippen molar-refractivity contribution >= 4 is 30.6 Å². The number of aromatic hydroxyl groups is 1. The van der Waals surface area contributed by atoms with Gasteiger partial charge in [-0.25, -0.2) is 0 Å². The first kappa shape index (κ1) is 27.0. The molecular weight excluding hydrogens is 503 g/mol. The summed E-state index contributed by atoms with van der Waals surface area (Å²) in [5.41, 5.74) is 4.66. The molecule has 1 aromatic heterocycles. The summed E-state index contributed by atoms with van der Waals surface area (Å²) in [6.07, 6.45) is 10.5. The largest absolute Gasteiger partial charge is 0.507 e. The van der Waals surface area contributed by atoms with Gasteiger partial charge in [0.2, 0.25) is 11.8 Å². The van der Waals surface area contributed by atoms with Crippen LogP contribution in [0.4, 0.5) is 0 Å². The highest BCUT2D eigenvalue weighted by Crippen LogP contribution is 2.51. The summed E-state index contributed by atoms with van der Waals surface area (Å²) in [4.78, 5) is 33.6. The highest BCUT2D eigenvalue weighted by Gasteiger charge is 2.57. The molecule has 0 unspecified atom stereocenters. The fourth-order valence-corrected chi connectivity index (χ4v) is 7.55. The highest BCUT2D eigenvalue weighted by molar-refractivity contribution is 6.43. The van der Waals surface area contributed by atoms with E-state index < -0.39 is 13.0 Å². The lowest BCUT2D eigenvalue weighted by molar-refractivity contribution is -0.143. The van der Waals surface area contributed by atoms with Gasteiger partial charge in [-0.1, -0.05) is 49.1 Å². The Morgan fingerprint density at radius 2 is 1.85 bits per heavy atom. The fraction of sp³-hybridized carbons (Fsp3) is 0.469. The zero-order valence-electron chi connectivity index (χ0n) is 23.0. The number of rotatable bonds is 6. The van der Waals surface area contributed by atoms with E-state index >= 15 is 0 Å². The standard InChI is InChI=1S/C32H37BN2O5/c1-20-17-24-30(32(38)35(31(24)37)23-10-3-2-4-11-23)25-19-33(39)40-28(29(20)25)15-14-21(26-12-7-8-16-34-26)18-22-9-5-6-13-27(22)36/h5-9,12-13,16,18,23-25,28,30,36,39H,2-4,10-11,14-15,17,19H2,1H3/b21-18-/t24-,25+,28-,30-/m1/s1. The molecule has 3 heterocycles. The van der Waals surface area contributed by atoms with Gasteiger partial charge in [-0.2, -0.15) is 0 Å². The van der Waals surface area contributed by atoms with Crippen LogP contribution in [-0.4, -0.2) is 51.1 Å². The smallest absolute Gasteiger partial charge is 0.455 e. The van der Waals surface area contributed by atoms with Crippen LogP contribution in [0.15, 0.2) is 59.8 Å². The number of nitrogens with zero attached hydrogens (tertiary/aromatic N) is 2. The number of phenolic OH excluding ortho intramolecular Hbond substituents is 1. The monoisotopic (exact) mass is 540 g/mol. The summed E-state index contributed by atoms with van der Waals surface area (Å²) in [6, 6.07) is 13.0. The number of imide groups is 1. The van der Waals surface area contributed by atoms with Crippen molar-refractivity contribution in [3.05, 3.63) is 71.1 Å². The minimum atomic E-state index is -0.989. The van der Waals surface area contributed by atoms with Gasteiger partial charge in [-0.15, -0.1) is 0 Å². The van der Waals surface area contributed by atoms with E-state index in [2.05, 4.69) is 11.9 Å². The molecular formula is C32H37BN2O5. The predicted molar refractivity (Wildman–Crippen MR) is 154 cm³/mol. The Hall–Kier alpha value is -3.23. The third-order valence-electron chi connectivity index (χ3n) is 9.36. The summed E-state index contributed by atoms with van der Waals surface area (Å²) in [5.74, 6) is -0.804. The Morgan fingerprint density at radius 3 is 2.60 bits per heavy atom. The van der Waals surface area contributed by atoms with E-state index in [0.29, 0.717) is 31.1 Å². The molecule has 3 fully saturated rings. The average molecular weight is 540 g/mol. The third kappa shape index (κ3) is 5.03. The van der Waals surface area contributed by atoms with Gasteiger partial charge in [-0.3, -0.25) is 19.5 Å². The van der Waals surface area contributed by atoms with Crippen molar-refractivity contribution in [2.75, 3.05) is 0 Å². The lowest BCUT2D eigenvalue weighted by Crippen LogP contribution is -2.46. The van der Waals surface area contributed by atoms with Crippen LogP contribution in [0.1, 0.15) is 69.5 Å². The summed E-state index contributed by atoms with van der Waals surface area (Å²) in [7, 11) is -0.989. The molecule has 4 aliphatic rings. The van der Waals surface area contributed by atoms with Gasteiger partial charge in [0.1, 0.15) is 5.75 Å². The predicted octanol–water partition coefficient (Wildman–Crippen LogP) is 5.26. The molecule has 8 heteroatoms. The van der Waals surface area contributed by atoms with Gasteiger partial charge in [0, 0.05) is 17.8 Å². The van der Waals surface area contributed by atoms with Crippen molar-refractivity contribution in [3.63, 3.8) is 0 Å². The number of phenols is 1. The van der Waals surface area contributed by atoms with Gasteiger partial charge < -0.3 is 14.8 Å². The number of aromatic nitrogens is 1. The van der Waals surface area contributed by atoms with Gasteiger partial charge >= 0.3 is 7.12 Å². The maximum atomic E-state index is 13.8. The van der Waals surface area contributed by atoms with Crippen LogP contribution in [0, 0.1) is 17.8 Å². The fourth-order valence-electron chi connectivity index (χ4n) is 7.55. The molecule has 2 saturated heterocycles. The highest BCUT2D eigenvalue weighted by atomic mass is 16.5. The van der Waals surface area contributed by atoms with Crippen LogP contribution in [0.3, 0.4) is 0 Å². The number of carbonyl (C=O) groups excluding carboxylic acids is 2. The molecule has 4 atom stereocenters. The third-order valence-corrected chi connectivity index (χ3v) is 9.36. The van der Waals surface area contributed by atoms with Crippen LogP contribution in [0.2, 0.25) is 6.32 Å². The number of likely N-dealkylation sites (tertiary alicyclic amines) is 1. The van der Waals surface area contributed by atoms with E-state index in [4.69, 9.17) is 4.65 Å². The molecule has 1 aromatic carbocycles. The van der Waals surface area contributed by atoms with Crippen LogP contribution in [0.25, 0.3) is 11.6 Å². The number of hydrogen-bond donors (Lipinski definition) is 2. The average Bonchev–Trinajstić information content (AvgIpc) is 3.21. The van der Waals surface area contributed by atoms with E-state index in [-0.39, 0.29) is 41.5 Å². The van der Waals surface area contributed by atoms with Crippen LogP contribution < -0.4 is 0 Å². The summed E-state index contributed by atoms with van der Waals surface area (Å²) in [6.45, 7) is 2.06. The quantitative estimate of drug-likeness (QED) is 0.295. The number of para-hydroxylation sites is 1. The van der Waals surface area contributed by atoms with E-state index in [0.717, 1.165) is 54.5 Å². The zero-order chi connectivity index (χ0) is 27.8. The number of hydrogen-bond acceptors (Lipinski definition) is 6. The Morgan fingerprint density at radius 1 is 1.07 bits per heavy atom. The normalized spacial score (nSPS) is 27.7. The zero-order valence-corrected chi connectivity index (χ0v) is 23.0. The summed E-state index contributed by atoms with van der Waals surface area (Å²) < 4.78 is 6.13. The lowest BCUT2D eigenvalue weighted by atomic mass is 9.58. The van der Waals surface area contributed by atoms with Crippen molar-refractivity contribution in [3.8, 4) is 5.75 Å². The topological polar surface area (TPSA) is 100.0 Å². The second kappa shape index (κ2) is 11.3. The maximum absolute atomic E-state index is 13.8. The van der Waals surface area contributed by atoms with Gasteiger partial charge in [0.15, 0.2) is 0 Å². The molecule has 6 rings (SSSR count). The molecule has 1 saturated carbocycles. The first-order valence-corrected chi connectivity index (χ1v) is 14.7. The first-order chi connectivity index (χ1) is 19.4. The number of pyridine rings is 1. The summed E-state index contributed by atoms with van der Waals surface area (Å²) >= 11 is 0. The molecule has 40 heavy (non-hydrogen) atoms. The van der Waals surface area contributed by atoms with Crippen molar-refractivity contribution in [2.24, 2.45) is 17.8 Å². The van der Waals surface area contributed by atoms with Crippen molar-refractivity contribution in [2.45, 2.75) is 76.8 Å². The van der Waals surface area contributed by atoms with Gasteiger partial charge in [-0.05, 0) is 86.7 Å². The number of allylic oxidation sites excluding steroid dienone is 2. The van der Waals surface area contributed by atoms with Crippen molar-refractivity contribution in [1.82, 2.24) is 9.88 Å². The SMILES string of the molecule is CC1=C2[C@@H](CC/C(=C/c3ccccc3O)c3ccccn3)OB(O)C[C@@H]2[C@@H]2C(=O)N(C3CCCCC3)C(=O)[C@@H]2C1. The Bertz CT molecular complexity index is 1340. The number of fused-ring (bicyclic) bond motifs is 3. The minimum absolute atomic E-state index is 0.0131. The minimum Gasteiger partial charge on any atom is -0.507 e. The molecule has 7 nitrogen and oxygen atoms in total. The molecule has 2 aliphatic heterocycles. The second-order valence-electron chi connectivity index (χ2n) is 11.8.